The molecule has 0 spiro atoms. The summed E-state index contributed by atoms with van der Waals surface area (Å²) in [6.07, 6.45) is 2.79. The quantitative estimate of drug-likeness (QED) is 0.664. The highest BCUT2D eigenvalue weighted by molar-refractivity contribution is 5.91. The Morgan fingerprint density at radius 2 is 1.95 bits per heavy atom. The summed E-state index contributed by atoms with van der Waals surface area (Å²) >= 11 is 0. The van der Waals surface area contributed by atoms with Crippen molar-refractivity contribution < 1.29 is 14.3 Å². The SMILES string of the molecule is NC(=O)CCOc1ccc(NC(=O)CC(N)C2CC2)cc1. The molecule has 6 heteroatoms. The topological polar surface area (TPSA) is 107 Å². The molecule has 5 N–H and O–H groups in total. The van der Waals surface area contributed by atoms with E-state index in [0.717, 1.165) is 12.8 Å². The largest absolute Gasteiger partial charge is 0.493 e. The summed E-state index contributed by atoms with van der Waals surface area (Å²) in [6.45, 7) is 0.247. The van der Waals surface area contributed by atoms with Crippen molar-refractivity contribution in [3.63, 3.8) is 0 Å². The molecule has 0 aromatic heterocycles. The van der Waals surface area contributed by atoms with Crippen molar-refractivity contribution >= 4 is 17.5 Å². The number of carbonyl (C=O) groups excluding carboxylic acids is 2. The molecule has 0 heterocycles. The third-order valence-corrected chi connectivity index (χ3v) is 3.40. The molecule has 1 atom stereocenters. The van der Waals surface area contributed by atoms with Crippen LogP contribution in [0.4, 0.5) is 5.69 Å². The molecule has 1 fully saturated rings. The molecule has 0 saturated heterocycles. The Bertz CT molecular complexity index is 497. The Labute approximate surface area is 123 Å². The van der Waals surface area contributed by atoms with Gasteiger partial charge < -0.3 is 21.5 Å². The van der Waals surface area contributed by atoms with Crippen LogP contribution in [0.3, 0.4) is 0 Å². The van der Waals surface area contributed by atoms with Crippen LogP contribution in [-0.2, 0) is 9.59 Å². The average molecular weight is 291 g/mol. The molecular formula is C15H21N3O3. The van der Waals surface area contributed by atoms with Crippen LogP contribution in [0.2, 0.25) is 0 Å². The van der Waals surface area contributed by atoms with Crippen molar-refractivity contribution in [2.24, 2.45) is 17.4 Å². The van der Waals surface area contributed by atoms with Crippen LogP contribution in [0.1, 0.15) is 25.7 Å². The molecule has 0 radical (unpaired) electrons. The molecule has 6 nitrogen and oxygen atoms in total. The number of hydrogen-bond donors (Lipinski definition) is 3. The first-order chi connectivity index (χ1) is 10.0. The number of amides is 2. The van der Waals surface area contributed by atoms with Gasteiger partial charge in [0.05, 0.1) is 13.0 Å². The Morgan fingerprint density at radius 1 is 1.29 bits per heavy atom. The van der Waals surface area contributed by atoms with E-state index in [1.807, 2.05) is 0 Å². The molecule has 1 aromatic rings. The van der Waals surface area contributed by atoms with Crippen LogP contribution >= 0.6 is 0 Å². The van der Waals surface area contributed by atoms with E-state index in [1.54, 1.807) is 24.3 Å². The van der Waals surface area contributed by atoms with Gasteiger partial charge >= 0.3 is 0 Å². The molecule has 1 saturated carbocycles. The molecule has 0 bridgehead atoms. The minimum absolute atomic E-state index is 0.0404. The van der Waals surface area contributed by atoms with Crippen molar-refractivity contribution in [3.05, 3.63) is 24.3 Å². The number of ether oxygens (including phenoxy) is 1. The molecule has 1 aliphatic carbocycles. The van der Waals surface area contributed by atoms with Crippen LogP contribution in [0.15, 0.2) is 24.3 Å². The lowest BCUT2D eigenvalue weighted by molar-refractivity contribution is -0.118. The molecule has 21 heavy (non-hydrogen) atoms. The molecule has 0 aliphatic heterocycles. The standard InChI is InChI=1S/C15H21N3O3/c16-13(10-1-2-10)9-15(20)18-11-3-5-12(6-4-11)21-8-7-14(17)19/h3-6,10,13H,1-2,7-9,16H2,(H2,17,19)(H,18,20). The Kier molecular flexibility index (Phi) is 5.16. The zero-order chi connectivity index (χ0) is 15.2. The van der Waals surface area contributed by atoms with E-state index < -0.39 is 5.91 Å². The number of hydrogen-bond acceptors (Lipinski definition) is 4. The summed E-state index contributed by atoms with van der Waals surface area (Å²) in [6, 6.07) is 6.93. The van der Waals surface area contributed by atoms with Gasteiger partial charge in [0.2, 0.25) is 11.8 Å². The highest BCUT2D eigenvalue weighted by atomic mass is 16.5. The maximum atomic E-state index is 11.8. The van der Waals surface area contributed by atoms with Crippen molar-refractivity contribution in [2.45, 2.75) is 31.7 Å². The van der Waals surface area contributed by atoms with Crippen molar-refractivity contribution in [1.82, 2.24) is 0 Å². The van der Waals surface area contributed by atoms with E-state index in [9.17, 15) is 9.59 Å². The normalized spacial score (nSPS) is 15.3. The first-order valence-corrected chi connectivity index (χ1v) is 7.11. The predicted molar refractivity (Wildman–Crippen MR) is 79.7 cm³/mol. The summed E-state index contributed by atoms with van der Waals surface area (Å²) in [5.74, 6) is 0.670. The smallest absolute Gasteiger partial charge is 0.225 e. The number of anilines is 1. The van der Waals surface area contributed by atoms with Crippen molar-refractivity contribution in [1.29, 1.82) is 0 Å². The Balaban J connectivity index is 1.75. The number of benzene rings is 1. The summed E-state index contributed by atoms with van der Waals surface area (Å²) in [5.41, 5.74) is 11.6. The Hall–Kier alpha value is -2.08. The third kappa shape index (κ3) is 5.43. The van der Waals surface area contributed by atoms with Crippen LogP contribution in [-0.4, -0.2) is 24.5 Å². The van der Waals surface area contributed by atoms with Gasteiger partial charge in [-0.3, -0.25) is 9.59 Å². The van der Waals surface area contributed by atoms with Gasteiger partial charge in [-0.2, -0.15) is 0 Å². The number of primary amides is 1. The maximum absolute atomic E-state index is 11.8. The fourth-order valence-electron chi connectivity index (χ4n) is 2.02. The fraction of sp³-hybridized carbons (Fsp3) is 0.467. The van der Waals surface area contributed by atoms with Crippen LogP contribution in [0, 0.1) is 5.92 Å². The summed E-state index contributed by atoms with van der Waals surface area (Å²) in [4.78, 5) is 22.4. The molecule has 1 aliphatic rings. The minimum atomic E-state index is -0.397. The number of nitrogens with one attached hydrogen (secondary N) is 1. The molecule has 1 unspecified atom stereocenters. The zero-order valence-electron chi connectivity index (χ0n) is 11.9. The van der Waals surface area contributed by atoms with Gasteiger partial charge in [0.1, 0.15) is 5.75 Å². The lowest BCUT2D eigenvalue weighted by atomic mass is 10.1. The number of carbonyl (C=O) groups is 2. The van der Waals surface area contributed by atoms with Crippen LogP contribution in [0.5, 0.6) is 5.75 Å². The Morgan fingerprint density at radius 3 is 2.52 bits per heavy atom. The number of nitrogens with two attached hydrogens (primary N) is 2. The minimum Gasteiger partial charge on any atom is -0.493 e. The monoisotopic (exact) mass is 291 g/mol. The van der Waals surface area contributed by atoms with Gasteiger partial charge in [-0.05, 0) is 43.0 Å². The lowest BCUT2D eigenvalue weighted by Gasteiger charge is -2.11. The van der Waals surface area contributed by atoms with E-state index in [-0.39, 0.29) is 25.0 Å². The number of rotatable bonds is 8. The summed E-state index contributed by atoms with van der Waals surface area (Å²) in [5, 5.41) is 2.81. The highest BCUT2D eigenvalue weighted by Gasteiger charge is 2.29. The van der Waals surface area contributed by atoms with Crippen LogP contribution in [0.25, 0.3) is 0 Å². The van der Waals surface area contributed by atoms with Gasteiger partial charge in [-0.15, -0.1) is 0 Å². The van der Waals surface area contributed by atoms with Gasteiger partial charge in [-0.25, -0.2) is 0 Å². The van der Waals surface area contributed by atoms with E-state index in [0.29, 0.717) is 23.8 Å². The molecule has 2 rings (SSSR count). The van der Waals surface area contributed by atoms with Gasteiger partial charge in [0.25, 0.3) is 0 Å². The predicted octanol–water partition coefficient (Wildman–Crippen LogP) is 1.01. The second kappa shape index (κ2) is 7.08. The molecule has 114 valence electrons. The second-order valence-electron chi connectivity index (χ2n) is 5.34. The van der Waals surface area contributed by atoms with Gasteiger partial charge in [0.15, 0.2) is 0 Å². The lowest BCUT2D eigenvalue weighted by Crippen LogP contribution is -2.28. The molecule has 1 aromatic carbocycles. The third-order valence-electron chi connectivity index (χ3n) is 3.40. The summed E-state index contributed by atoms with van der Waals surface area (Å²) in [7, 11) is 0. The van der Waals surface area contributed by atoms with Crippen LogP contribution < -0.4 is 21.5 Å². The molecule has 2 amide bonds. The summed E-state index contributed by atoms with van der Waals surface area (Å²) < 4.78 is 5.35. The first kappa shape index (κ1) is 15.3. The van der Waals surface area contributed by atoms with E-state index in [2.05, 4.69) is 5.32 Å². The first-order valence-electron chi connectivity index (χ1n) is 7.11. The van der Waals surface area contributed by atoms with Crippen molar-refractivity contribution in [3.8, 4) is 5.75 Å². The second-order valence-corrected chi connectivity index (χ2v) is 5.34. The van der Waals surface area contributed by atoms with Gasteiger partial charge in [-0.1, -0.05) is 0 Å². The van der Waals surface area contributed by atoms with E-state index >= 15 is 0 Å². The highest BCUT2D eigenvalue weighted by Crippen LogP contribution is 2.32. The average Bonchev–Trinajstić information content (AvgIpc) is 3.24. The van der Waals surface area contributed by atoms with Crippen molar-refractivity contribution in [2.75, 3.05) is 11.9 Å². The van der Waals surface area contributed by atoms with Gasteiger partial charge in [0, 0.05) is 18.2 Å². The molecular weight excluding hydrogens is 270 g/mol. The maximum Gasteiger partial charge on any atom is 0.225 e. The fourth-order valence-corrected chi connectivity index (χ4v) is 2.02. The zero-order valence-corrected chi connectivity index (χ0v) is 11.9. The van der Waals surface area contributed by atoms with E-state index in [1.165, 1.54) is 0 Å². The van der Waals surface area contributed by atoms with E-state index in [4.69, 9.17) is 16.2 Å².